The molecule has 4 rings (SSSR count). The lowest BCUT2D eigenvalue weighted by atomic mass is 10.1. The van der Waals surface area contributed by atoms with Crippen molar-refractivity contribution in [3.63, 3.8) is 0 Å². The maximum atomic E-state index is 13.3. The van der Waals surface area contributed by atoms with Gasteiger partial charge in [0, 0.05) is 18.5 Å². The minimum absolute atomic E-state index is 0.0450. The predicted octanol–water partition coefficient (Wildman–Crippen LogP) is 2.89. The van der Waals surface area contributed by atoms with E-state index < -0.39 is 11.6 Å². The van der Waals surface area contributed by atoms with Crippen molar-refractivity contribution in [2.45, 2.75) is 83.0 Å². The first kappa shape index (κ1) is 24.9. The van der Waals surface area contributed by atoms with Crippen molar-refractivity contribution >= 4 is 18.2 Å². The van der Waals surface area contributed by atoms with E-state index in [1.807, 2.05) is 45.0 Å². The molecule has 2 aliphatic rings. The van der Waals surface area contributed by atoms with E-state index in [-0.39, 0.29) is 36.7 Å². The largest absolute Gasteiger partial charge is 0.353 e. The van der Waals surface area contributed by atoms with Gasteiger partial charge in [-0.05, 0) is 75.1 Å². The summed E-state index contributed by atoms with van der Waals surface area (Å²) in [5, 5.41) is 7.24. The average Bonchev–Trinajstić information content (AvgIpc) is 3.40. The van der Waals surface area contributed by atoms with E-state index in [9.17, 15) is 14.4 Å². The van der Waals surface area contributed by atoms with Crippen LogP contribution in [0, 0.1) is 0 Å². The van der Waals surface area contributed by atoms with Crippen LogP contribution in [0.2, 0.25) is 0 Å². The lowest BCUT2D eigenvalue weighted by molar-refractivity contribution is -0.231. The molecule has 0 spiro atoms. The summed E-state index contributed by atoms with van der Waals surface area (Å²) in [4.78, 5) is 43.8. The van der Waals surface area contributed by atoms with Gasteiger partial charge in [-0.2, -0.15) is 0 Å². The number of carbonyl (C=O) groups excluding carboxylic acids is 3. The topological polar surface area (TPSA) is 87.7 Å². The summed E-state index contributed by atoms with van der Waals surface area (Å²) in [6.45, 7) is 5.45. The summed E-state index contributed by atoms with van der Waals surface area (Å²) < 4.78 is 0. The maximum absolute atomic E-state index is 13.3. The molecular formula is C28H35N3O4. The first-order chi connectivity index (χ1) is 16.7. The van der Waals surface area contributed by atoms with Crippen LogP contribution in [0.1, 0.15) is 55.9 Å². The van der Waals surface area contributed by atoms with Crippen LogP contribution in [0.25, 0.3) is 0 Å². The number of nitrogens with one attached hydrogen (secondary N) is 2. The van der Waals surface area contributed by atoms with Crippen molar-refractivity contribution in [3.8, 4) is 0 Å². The Balaban J connectivity index is 1.37. The number of nitrogens with zero attached hydrogens (tertiary/aromatic N) is 1. The summed E-state index contributed by atoms with van der Waals surface area (Å²) >= 11 is 0. The summed E-state index contributed by atoms with van der Waals surface area (Å²) in [5.41, 5.74) is 4.31. The van der Waals surface area contributed by atoms with Gasteiger partial charge in [-0.15, -0.1) is 0 Å². The molecule has 3 amide bonds. The Bertz CT molecular complexity index is 1030. The summed E-state index contributed by atoms with van der Waals surface area (Å²) in [6.07, 6.45) is 3.93. The summed E-state index contributed by atoms with van der Waals surface area (Å²) in [5.74, 6) is -0.435. The summed E-state index contributed by atoms with van der Waals surface area (Å²) in [6, 6.07) is 15.5. The van der Waals surface area contributed by atoms with E-state index in [2.05, 4.69) is 34.9 Å². The van der Waals surface area contributed by atoms with Crippen LogP contribution in [0.3, 0.4) is 0 Å². The SMILES string of the molecule is CC(C)(C)ON(C=O)[C@@H](CCC(=O)NC1Cc2ccccc2C1)C(=O)NC1Cc2ccccc2C1. The van der Waals surface area contributed by atoms with E-state index in [1.165, 1.54) is 22.3 Å². The Morgan fingerprint density at radius 2 is 1.37 bits per heavy atom. The van der Waals surface area contributed by atoms with Crippen LogP contribution in [0.15, 0.2) is 48.5 Å². The molecule has 7 heteroatoms. The van der Waals surface area contributed by atoms with Crippen molar-refractivity contribution in [2.75, 3.05) is 0 Å². The van der Waals surface area contributed by atoms with E-state index >= 15 is 0 Å². The molecule has 0 bridgehead atoms. The van der Waals surface area contributed by atoms with Gasteiger partial charge in [0.1, 0.15) is 6.04 Å². The number of carbonyl (C=O) groups is 3. The van der Waals surface area contributed by atoms with Gasteiger partial charge in [0.15, 0.2) is 0 Å². The van der Waals surface area contributed by atoms with Crippen molar-refractivity contribution in [2.24, 2.45) is 0 Å². The van der Waals surface area contributed by atoms with E-state index in [0.29, 0.717) is 6.41 Å². The zero-order valence-electron chi connectivity index (χ0n) is 20.8. The second kappa shape index (κ2) is 10.6. The van der Waals surface area contributed by atoms with E-state index in [4.69, 9.17) is 4.84 Å². The van der Waals surface area contributed by atoms with Gasteiger partial charge < -0.3 is 10.6 Å². The third-order valence-electron chi connectivity index (χ3n) is 6.55. The van der Waals surface area contributed by atoms with Gasteiger partial charge in [0.05, 0.1) is 5.60 Å². The number of hydrogen-bond acceptors (Lipinski definition) is 4. The maximum Gasteiger partial charge on any atom is 0.245 e. The minimum atomic E-state index is -0.901. The van der Waals surface area contributed by atoms with Gasteiger partial charge in [-0.3, -0.25) is 19.2 Å². The molecular weight excluding hydrogens is 442 g/mol. The molecule has 186 valence electrons. The van der Waals surface area contributed by atoms with Crippen LogP contribution in [0.4, 0.5) is 0 Å². The number of benzene rings is 2. The van der Waals surface area contributed by atoms with Gasteiger partial charge in [-0.1, -0.05) is 48.5 Å². The average molecular weight is 478 g/mol. The van der Waals surface area contributed by atoms with Gasteiger partial charge in [0.25, 0.3) is 0 Å². The minimum Gasteiger partial charge on any atom is -0.353 e. The van der Waals surface area contributed by atoms with Crippen LogP contribution < -0.4 is 10.6 Å². The molecule has 1 atom stereocenters. The zero-order valence-corrected chi connectivity index (χ0v) is 20.8. The standard InChI is InChI=1S/C28H35N3O4/c1-28(2,3)35-31(18-32)25(27(34)30-24-16-21-10-6-7-11-22(21)17-24)12-13-26(33)29-23-14-19-8-4-5-9-20(19)15-23/h4-11,18,23-25H,12-17H2,1-3H3,(H,29,33)(H,30,34)/t25-/m0/s1. The molecule has 0 saturated heterocycles. The highest BCUT2D eigenvalue weighted by atomic mass is 16.7. The molecule has 2 aliphatic carbocycles. The fourth-order valence-electron chi connectivity index (χ4n) is 5.04. The molecule has 0 heterocycles. The van der Waals surface area contributed by atoms with Gasteiger partial charge >= 0.3 is 0 Å². The Kier molecular flexibility index (Phi) is 7.55. The molecule has 7 nitrogen and oxygen atoms in total. The molecule has 0 aliphatic heterocycles. The molecule has 2 aromatic carbocycles. The van der Waals surface area contributed by atoms with Crippen LogP contribution in [-0.2, 0) is 44.9 Å². The van der Waals surface area contributed by atoms with E-state index in [0.717, 1.165) is 30.7 Å². The smallest absolute Gasteiger partial charge is 0.245 e. The molecule has 0 fully saturated rings. The monoisotopic (exact) mass is 477 g/mol. The second-order valence-electron chi connectivity index (χ2n) is 10.5. The Morgan fingerprint density at radius 3 is 1.80 bits per heavy atom. The third kappa shape index (κ3) is 6.48. The Hall–Kier alpha value is -3.19. The van der Waals surface area contributed by atoms with Crippen molar-refractivity contribution in [3.05, 3.63) is 70.8 Å². The molecule has 0 unspecified atom stereocenters. The van der Waals surface area contributed by atoms with Crippen LogP contribution >= 0.6 is 0 Å². The fourth-order valence-corrected chi connectivity index (χ4v) is 5.04. The van der Waals surface area contributed by atoms with E-state index in [1.54, 1.807) is 0 Å². The number of hydrogen-bond donors (Lipinski definition) is 2. The molecule has 0 saturated carbocycles. The molecule has 0 aromatic heterocycles. The fraction of sp³-hybridized carbons (Fsp3) is 0.464. The highest BCUT2D eigenvalue weighted by molar-refractivity contribution is 5.85. The number of hydroxylamine groups is 2. The third-order valence-corrected chi connectivity index (χ3v) is 6.55. The molecule has 2 aromatic rings. The quantitative estimate of drug-likeness (QED) is 0.430. The Labute approximate surface area is 207 Å². The number of rotatable bonds is 9. The predicted molar refractivity (Wildman–Crippen MR) is 133 cm³/mol. The zero-order chi connectivity index (χ0) is 25.0. The molecule has 2 N–H and O–H groups in total. The summed E-state index contributed by atoms with van der Waals surface area (Å²) in [7, 11) is 0. The van der Waals surface area contributed by atoms with Crippen molar-refractivity contribution in [1.82, 2.24) is 15.7 Å². The molecule has 0 radical (unpaired) electrons. The van der Waals surface area contributed by atoms with Gasteiger partial charge in [-0.25, -0.2) is 5.06 Å². The first-order valence-corrected chi connectivity index (χ1v) is 12.4. The second-order valence-corrected chi connectivity index (χ2v) is 10.5. The first-order valence-electron chi connectivity index (χ1n) is 12.4. The van der Waals surface area contributed by atoms with Gasteiger partial charge in [0.2, 0.25) is 18.2 Å². The molecule has 35 heavy (non-hydrogen) atoms. The van der Waals surface area contributed by atoms with Crippen molar-refractivity contribution < 1.29 is 19.2 Å². The van der Waals surface area contributed by atoms with Crippen LogP contribution in [0.5, 0.6) is 0 Å². The number of amides is 3. The normalized spacial score (nSPS) is 16.3. The Morgan fingerprint density at radius 1 is 0.914 bits per heavy atom. The number of fused-ring (bicyclic) bond motifs is 2. The highest BCUT2D eigenvalue weighted by Crippen LogP contribution is 2.24. The van der Waals surface area contributed by atoms with Crippen molar-refractivity contribution in [1.29, 1.82) is 0 Å². The lowest BCUT2D eigenvalue weighted by Crippen LogP contribution is -2.51. The van der Waals surface area contributed by atoms with Crippen LogP contribution in [-0.4, -0.2) is 47.0 Å². The highest BCUT2D eigenvalue weighted by Gasteiger charge is 2.33. The lowest BCUT2D eigenvalue weighted by Gasteiger charge is -2.32.